The molecule has 0 radical (unpaired) electrons. The Labute approximate surface area is 127 Å². The molecule has 0 aromatic carbocycles. The van der Waals surface area contributed by atoms with Gasteiger partial charge in [0.1, 0.15) is 0 Å². The lowest BCUT2D eigenvalue weighted by atomic mass is 9.85. The number of hydrogen-bond donors (Lipinski definition) is 3. The van der Waals surface area contributed by atoms with Crippen molar-refractivity contribution in [3.63, 3.8) is 0 Å². The van der Waals surface area contributed by atoms with Gasteiger partial charge in [0.05, 0.1) is 6.54 Å². The van der Waals surface area contributed by atoms with Crippen LogP contribution >= 0.6 is 0 Å². The molecule has 120 valence electrons. The first-order valence-corrected chi connectivity index (χ1v) is 7.98. The van der Waals surface area contributed by atoms with E-state index in [1.807, 2.05) is 0 Å². The van der Waals surface area contributed by atoms with Crippen LogP contribution in [0.2, 0.25) is 0 Å². The van der Waals surface area contributed by atoms with Gasteiger partial charge in [-0.1, -0.05) is 13.3 Å². The molecule has 0 aliphatic carbocycles. The van der Waals surface area contributed by atoms with Crippen molar-refractivity contribution in [3.8, 4) is 0 Å². The summed E-state index contributed by atoms with van der Waals surface area (Å²) in [6.45, 7) is 10.3. The maximum atomic E-state index is 12.0. The van der Waals surface area contributed by atoms with Crippen molar-refractivity contribution in [2.75, 3.05) is 32.7 Å². The molecule has 2 rings (SSSR count). The Morgan fingerprint density at radius 2 is 2.10 bits per heavy atom. The lowest BCUT2D eigenvalue weighted by Crippen LogP contribution is -2.50. The first-order chi connectivity index (χ1) is 9.95. The molecule has 2 aliphatic heterocycles. The molecule has 0 aromatic rings. The average Bonchev–Trinajstić information content (AvgIpc) is 2.94. The van der Waals surface area contributed by atoms with Crippen molar-refractivity contribution < 1.29 is 9.59 Å². The van der Waals surface area contributed by atoms with Gasteiger partial charge in [-0.05, 0) is 38.6 Å². The van der Waals surface area contributed by atoms with Crippen molar-refractivity contribution in [2.24, 2.45) is 11.8 Å². The molecule has 0 aromatic heterocycles. The fourth-order valence-corrected chi connectivity index (χ4v) is 3.54. The minimum atomic E-state index is -0.382. The SMILES string of the molecule is CCCCNC(=O)NC(=O)CN1CC2CNCC2C1(C)C. The Bertz CT molecular complexity index is 397. The number of imide groups is 1. The Kier molecular flexibility index (Phi) is 5.22. The van der Waals surface area contributed by atoms with Crippen LogP contribution in [0.4, 0.5) is 4.79 Å². The van der Waals surface area contributed by atoms with E-state index in [1.54, 1.807) is 0 Å². The number of carbonyl (C=O) groups excluding carboxylic acids is 2. The Morgan fingerprint density at radius 1 is 1.33 bits per heavy atom. The van der Waals surface area contributed by atoms with Crippen molar-refractivity contribution in [1.82, 2.24) is 20.9 Å². The smallest absolute Gasteiger partial charge is 0.321 e. The number of rotatable bonds is 5. The van der Waals surface area contributed by atoms with Gasteiger partial charge in [0.15, 0.2) is 0 Å². The van der Waals surface area contributed by atoms with E-state index in [0.29, 0.717) is 24.9 Å². The van der Waals surface area contributed by atoms with E-state index in [9.17, 15) is 9.59 Å². The molecule has 0 spiro atoms. The predicted molar refractivity (Wildman–Crippen MR) is 82.0 cm³/mol. The molecule has 6 heteroatoms. The molecule has 2 saturated heterocycles. The van der Waals surface area contributed by atoms with E-state index in [2.05, 4.69) is 41.6 Å². The van der Waals surface area contributed by atoms with Crippen LogP contribution in [0.3, 0.4) is 0 Å². The summed E-state index contributed by atoms with van der Waals surface area (Å²) in [6.07, 6.45) is 1.95. The van der Waals surface area contributed by atoms with Gasteiger partial charge in [0.2, 0.25) is 5.91 Å². The van der Waals surface area contributed by atoms with E-state index in [0.717, 1.165) is 32.5 Å². The van der Waals surface area contributed by atoms with Gasteiger partial charge in [0, 0.05) is 25.2 Å². The maximum absolute atomic E-state index is 12.0. The summed E-state index contributed by atoms with van der Waals surface area (Å²) < 4.78 is 0. The van der Waals surface area contributed by atoms with Gasteiger partial charge >= 0.3 is 6.03 Å². The molecule has 3 amide bonds. The summed E-state index contributed by atoms with van der Waals surface area (Å²) in [4.78, 5) is 25.8. The molecule has 2 unspecified atom stereocenters. The van der Waals surface area contributed by atoms with Gasteiger partial charge in [-0.15, -0.1) is 0 Å². The van der Waals surface area contributed by atoms with Gasteiger partial charge in [-0.3, -0.25) is 15.0 Å². The second kappa shape index (κ2) is 6.75. The largest absolute Gasteiger partial charge is 0.338 e. The molecule has 0 bridgehead atoms. The third-order valence-corrected chi connectivity index (χ3v) is 4.92. The minimum absolute atomic E-state index is 0.00416. The highest BCUT2D eigenvalue weighted by atomic mass is 16.2. The van der Waals surface area contributed by atoms with Crippen LogP contribution in [0.1, 0.15) is 33.6 Å². The van der Waals surface area contributed by atoms with Crippen molar-refractivity contribution in [2.45, 2.75) is 39.2 Å². The Balaban J connectivity index is 1.79. The first kappa shape index (κ1) is 16.2. The highest BCUT2D eigenvalue weighted by Gasteiger charge is 2.49. The number of nitrogens with zero attached hydrogens (tertiary/aromatic N) is 1. The van der Waals surface area contributed by atoms with Gasteiger partial charge in [-0.2, -0.15) is 0 Å². The number of nitrogens with one attached hydrogen (secondary N) is 3. The topological polar surface area (TPSA) is 73.5 Å². The first-order valence-electron chi connectivity index (χ1n) is 7.98. The number of unbranched alkanes of at least 4 members (excludes halogenated alkanes) is 1. The number of fused-ring (bicyclic) bond motifs is 1. The van der Waals surface area contributed by atoms with Crippen LogP contribution in [0, 0.1) is 11.8 Å². The van der Waals surface area contributed by atoms with E-state index >= 15 is 0 Å². The number of amides is 3. The number of hydrogen-bond acceptors (Lipinski definition) is 4. The van der Waals surface area contributed by atoms with E-state index in [4.69, 9.17) is 0 Å². The summed E-state index contributed by atoms with van der Waals surface area (Å²) in [5, 5.41) is 8.55. The second-order valence-electron chi connectivity index (χ2n) is 6.72. The molecule has 0 saturated carbocycles. The fraction of sp³-hybridized carbons (Fsp3) is 0.867. The fourth-order valence-electron chi connectivity index (χ4n) is 3.54. The van der Waals surface area contributed by atoms with Gasteiger partial charge < -0.3 is 10.6 Å². The van der Waals surface area contributed by atoms with Crippen LogP contribution in [0.25, 0.3) is 0 Å². The van der Waals surface area contributed by atoms with Crippen LogP contribution in [-0.4, -0.2) is 55.1 Å². The van der Waals surface area contributed by atoms with Gasteiger partial charge in [0.25, 0.3) is 0 Å². The average molecular weight is 296 g/mol. The lowest BCUT2D eigenvalue weighted by Gasteiger charge is -2.35. The molecule has 6 nitrogen and oxygen atoms in total. The molecule has 2 aliphatic rings. The Morgan fingerprint density at radius 3 is 2.76 bits per heavy atom. The number of carbonyl (C=O) groups is 2. The van der Waals surface area contributed by atoms with Crippen LogP contribution in [0.15, 0.2) is 0 Å². The third kappa shape index (κ3) is 3.74. The third-order valence-electron chi connectivity index (χ3n) is 4.92. The molecule has 3 N–H and O–H groups in total. The van der Waals surface area contributed by atoms with Gasteiger partial charge in [-0.25, -0.2) is 4.79 Å². The summed E-state index contributed by atoms with van der Waals surface area (Å²) in [5.41, 5.74) is 0.00416. The molecule has 2 atom stereocenters. The van der Waals surface area contributed by atoms with Crippen molar-refractivity contribution in [3.05, 3.63) is 0 Å². The molecule has 2 heterocycles. The van der Waals surface area contributed by atoms with E-state index in [-0.39, 0.29) is 17.5 Å². The normalized spacial score (nSPS) is 27.4. The molecular formula is C15H28N4O2. The summed E-state index contributed by atoms with van der Waals surface area (Å²) in [7, 11) is 0. The maximum Gasteiger partial charge on any atom is 0.321 e. The van der Waals surface area contributed by atoms with Crippen LogP contribution in [-0.2, 0) is 4.79 Å². The standard InChI is InChI=1S/C15H28N4O2/c1-4-5-6-17-14(21)18-13(20)10-19-9-11-7-16-8-12(11)15(19,2)3/h11-12,16H,4-10H2,1-3H3,(H2,17,18,20,21). The summed E-state index contributed by atoms with van der Waals surface area (Å²) in [5.74, 6) is 0.986. The van der Waals surface area contributed by atoms with Crippen molar-refractivity contribution >= 4 is 11.9 Å². The van der Waals surface area contributed by atoms with Crippen molar-refractivity contribution in [1.29, 1.82) is 0 Å². The quantitative estimate of drug-likeness (QED) is 0.648. The van der Waals surface area contributed by atoms with Crippen LogP contribution in [0.5, 0.6) is 0 Å². The number of likely N-dealkylation sites (tertiary alicyclic amines) is 1. The minimum Gasteiger partial charge on any atom is -0.338 e. The zero-order chi connectivity index (χ0) is 15.5. The zero-order valence-electron chi connectivity index (χ0n) is 13.4. The summed E-state index contributed by atoms with van der Waals surface area (Å²) >= 11 is 0. The summed E-state index contributed by atoms with van der Waals surface area (Å²) in [6, 6.07) is -0.382. The molecule has 2 fully saturated rings. The number of urea groups is 1. The highest BCUT2D eigenvalue weighted by molar-refractivity contribution is 5.95. The van der Waals surface area contributed by atoms with Crippen LogP contribution < -0.4 is 16.0 Å². The molecular weight excluding hydrogens is 268 g/mol. The van der Waals surface area contributed by atoms with E-state index < -0.39 is 0 Å². The second-order valence-corrected chi connectivity index (χ2v) is 6.72. The molecule has 21 heavy (non-hydrogen) atoms. The predicted octanol–water partition coefficient (Wildman–Crippen LogP) is 0.542. The highest BCUT2D eigenvalue weighted by Crippen LogP contribution is 2.40. The van der Waals surface area contributed by atoms with E-state index in [1.165, 1.54) is 0 Å². The lowest BCUT2D eigenvalue weighted by molar-refractivity contribution is -0.122. The monoisotopic (exact) mass is 296 g/mol. The Hall–Kier alpha value is -1.14. The zero-order valence-corrected chi connectivity index (χ0v) is 13.4.